The molecule has 2 atom stereocenters. The van der Waals surface area contributed by atoms with E-state index in [1.807, 2.05) is 0 Å². The number of ether oxygens (including phenoxy) is 1. The highest BCUT2D eigenvalue weighted by Crippen LogP contribution is 2.40. The molecule has 1 aliphatic carbocycles. The average Bonchev–Trinajstić information content (AvgIpc) is 3.39. The van der Waals surface area contributed by atoms with E-state index in [2.05, 4.69) is 50.9 Å². The summed E-state index contributed by atoms with van der Waals surface area (Å²) in [6.45, 7) is 6.13. The van der Waals surface area contributed by atoms with E-state index >= 15 is 0 Å². The summed E-state index contributed by atoms with van der Waals surface area (Å²) in [4.78, 5) is 22.7. The molecule has 0 radical (unpaired) electrons. The number of nitrogens with zero attached hydrogens (tertiary/aromatic N) is 4. The Hall–Kier alpha value is -1.79. The Morgan fingerprint density at radius 1 is 1.11 bits per heavy atom. The second-order valence-corrected chi connectivity index (χ2v) is 8.97. The van der Waals surface area contributed by atoms with E-state index in [0.717, 1.165) is 45.0 Å². The van der Waals surface area contributed by atoms with E-state index in [9.17, 15) is 4.79 Å². The number of likely N-dealkylation sites (N-methyl/N-ethyl adjacent to an activating group) is 1. The third-order valence-corrected chi connectivity index (χ3v) is 6.70. The SMILES string of the molecule is CN1CCOC(CN(CC2CC2)C(=O)N2CC3CCCN3c3ccccc32)C1. The molecule has 6 nitrogen and oxygen atoms in total. The van der Waals surface area contributed by atoms with Gasteiger partial charge in [0, 0.05) is 45.3 Å². The summed E-state index contributed by atoms with van der Waals surface area (Å²) < 4.78 is 5.99. The van der Waals surface area contributed by atoms with Gasteiger partial charge in [0.05, 0.1) is 24.1 Å². The van der Waals surface area contributed by atoms with Gasteiger partial charge >= 0.3 is 6.03 Å². The van der Waals surface area contributed by atoms with Crippen molar-refractivity contribution in [2.24, 2.45) is 5.92 Å². The van der Waals surface area contributed by atoms with Gasteiger partial charge in [-0.05, 0) is 50.8 Å². The van der Waals surface area contributed by atoms with Crippen LogP contribution in [0.1, 0.15) is 25.7 Å². The molecule has 3 heterocycles. The Morgan fingerprint density at radius 2 is 1.93 bits per heavy atom. The van der Waals surface area contributed by atoms with Crippen LogP contribution in [0.2, 0.25) is 0 Å². The van der Waals surface area contributed by atoms with Crippen molar-refractivity contribution < 1.29 is 9.53 Å². The fraction of sp³-hybridized carbons (Fsp3) is 0.682. The Bertz CT molecular complexity index is 722. The number of hydrogen-bond donors (Lipinski definition) is 0. The smallest absolute Gasteiger partial charge is 0.324 e. The fourth-order valence-corrected chi connectivity index (χ4v) is 5.00. The summed E-state index contributed by atoms with van der Waals surface area (Å²) in [5, 5.41) is 0. The summed E-state index contributed by atoms with van der Waals surface area (Å²) in [5.74, 6) is 0.674. The second kappa shape index (κ2) is 7.56. The zero-order valence-corrected chi connectivity index (χ0v) is 16.9. The molecule has 0 N–H and O–H groups in total. The zero-order chi connectivity index (χ0) is 19.1. The number of benzene rings is 1. The second-order valence-electron chi connectivity index (χ2n) is 8.97. The van der Waals surface area contributed by atoms with E-state index in [1.54, 1.807) is 0 Å². The minimum Gasteiger partial charge on any atom is -0.374 e. The first-order valence-corrected chi connectivity index (χ1v) is 10.9. The number of fused-ring (bicyclic) bond motifs is 3. The molecule has 28 heavy (non-hydrogen) atoms. The van der Waals surface area contributed by atoms with Crippen molar-refractivity contribution in [3.63, 3.8) is 0 Å². The predicted molar refractivity (Wildman–Crippen MR) is 111 cm³/mol. The van der Waals surface area contributed by atoms with Crippen molar-refractivity contribution in [3.8, 4) is 0 Å². The Morgan fingerprint density at radius 3 is 2.71 bits per heavy atom. The largest absolute Gasteiger partial charge is 0.374 e. The van der Waals surface area contributed by atoms with Gasteiger partial charge in [-0.2, -0.15) is 0 Å². The predicted octanol–water partition coefficient (Wildman–Crippen LogP) is 2.64. The van der Waals surface area contributed by atoms with Crippen molar-refractivity contribution >= 4 is 17.4 Å². The molecule has 2 saturated heterocycles. The summed E-state index contributed by atoms with van der Waals surface area (Å²) in [6, 6.07) is 9.07. The first-order chi connectivity index (χ1) is 13.7. The van der Waals surface area contributed by atoms with Crippen LogP contribution in [0.25, 0.3) is 0 Å². The minimum atomic E-state index is 0.115. The van der Waals surface area contributed by atoms with Crippen molar-refractivity contribution in [2.75, 3.05) is 62.7 Å². The van der Waals surface area contributed by atoms with Gasteiger partial charge in [0.25, 0.3) is 0 Å². The van der Waals surface area contributed by atoms with Gasteiger partial charge in [0.15, 0.2) is 0 Å². The lowest BCUT2D eigenvalue weighted by molar-refractivity contribution is -0.0305. The summed E-state index contributed by atoms with van der Waals surface area (Å²) in [5.41, 5.74) is 2.30. The number of morpholine rings is 1. The van der Waals surface area contributed by atoms with Crippen LogP contribution in [0.15, 0.2) is 24.3 Å². The molecule has 4 aliphatic rings. The third-order valence-electron chi connectivity index (χ3n) is 6.70. The van der Waals surface area contributed by atoms with Gasteiger partial charge in [0.2, 0.25) is 0 Å². The topological polar surface area (TPSA) is 39.3 Å². The molecule has 0 aromatic heterocycles. The van der Waals surface area contributed by atoms with Crippen molar-refractivity contribution in [1.82, 2.24) is 9.80 Å². The number of carbonyl (C=O) groups excluding carboxylic acids is 1. The van der Waals surface area contributed by atoms with Crippen LogP contribution in [0.4, 0.5) is 16.2 Å². The Labute approximate surface area is 168 Å². The molecule has 0 spiro atoms. The monoisotopic (exact) mass is 384 g/mol. The van der Waals surface area contributed by atoms with Gasteiger partial charge in [-0.15, -0.1) is 0 Å². The van der Waals surface area contributed by atoms with Crippen molar-refractivity contribution in [2.45, 2.75) is 37.8 Å². The summed E-state index contributed by atoms with van der Waals surface area (Å²) in [7, 11) is 2.14. The number of para-hydroxylation sites is 2. The highest BCUT2D eigenvalue weighted by atomic mass is 16.5. The number of carbonyl (C=O) groups is 1. The lowest BCUT2D eigenvalue weighted by Gasteiger charge is -2.42. The third kappa shape index (κ3) is 3.60. The van der Waals surface area contributed by atoms with Gasteiger partial charge < -0.3 is 19.4 Å². The fourth-order valence-electron chi connectivity index (χ4n) is 5.00. The number of rotatable bonds is 4. The van der Waals surface area contributed by atoms with Gasteiger partial charge in [-0.25, -0.2) is 4.79 Å². The maximum absolute atomic E-state index is 13.7. The maximum Gasteiger partial charge on any atom is 0.324 e. The molecule has 3 aliphatic heterocycles. The molecule has 2 unspecified atom stereocenters. The summed E-state index contributed by atoms with van der Waals surface area (Å²) >= 11 is 0. The van der Waals surface area contributed by atoms with Crippen molar-refractivity contribution in [1.29, 1.82) is 0 Å². The lowest BCUT2D eigenvalue weighted by Crippen LogP contribution is -2.55. The first kappa shape index (κ1) is 18.3. The van der Waals surface area contributed by atoms with Gasteiger partial charge in [-0.1, -0.05) is 12.1 Å². The van der Waals surface area contributed by atoms with Gasteiger partial charge in [0.1, 0.15) is 0 Å². The Kier molecular flexibility index (Phi) is 4.93. The number of amides is 2. The number of anilines is 2. The molecule has 1 aromatic carbocycles. The molecular weight excluding hydrogens is 352 g/mol. The van der Waals surface area contributed by atoms with E-state index in [4.69, 9.17) is 4.74 Å². The lowest BCUT2D eigenvalue weighted by atomic mass is 10.1. The summed E-state index contributed by atoms with van der Waals surface area (Å²) in [6.07, 6.45) is 5.01. The first-order valence-electron chi connectivity index (χ1n) is 10.9. The highest BCUT2D eigenvalue weighted by molar-refractivity contribution is 5.97. The molecule has 152 valence electrons. The van der Waals surface area contributed by atoms with Crippen molar-refractivity contribution in [3.05, 3.63) is 24.3 Å². The molecule has 1 saturated carbocycles. The van der Waals surface area contributed by atoms with E-state index in [-0.39, 0.29) is 12.1 Å². The van der Waals surface area contributed by atoms with Crippen LogP contribution >= 0.6 is 0 Å². The molecule has 5 rings (SSSR count). The van der Waals surface area contributed by atoms with E-state index < -0.39 is 0 Å². The quantitative estimate of drug-likeness (QED) is 0.800. The van der Waals surface area contributed by atoms with Crippen LogP contribution in [0.5, 0.6) is 0 Å². The van der Waals surface area contributed by atoms with E-state index in [1.165, 1.54) is 31.4 Å². The van der Waals surface area contributed by atoms with Crippen LogP contribution in [0, 0.1) is 5.92 Å². The molecule has 6 heteroatoms. The Balaban J connectivity index is 1.38. The number of hydrogen-bond acceptors (Lipinski definition) is 4. The molecule has 1 aromatic rings. The molecular formula is C22H32N4O2. The van der Waals surface area contributed by atoms with Gasteiger partial charge in [-0.3, -0.25) is 4.90 Å². The standard InChI is InChI=1S/C22H32N4O2/c1-23-11-12-28-19(15-23)16-24(13-17-8-9-17)22(27)26-14-18-5-4-10-25(18)20-6-2-3-7-21(20)26/h2-3,6-7,17-19H,4-5,8-16H2,1H3. The zero-order valence-electron chi connectivity index (χ0n) is 16.9. The molecule has 3 fully saturated rings. The van der Waals surface area contributed by atoms with E-state index in [0.29, 0.717) is 18.5 Å². The van der Waals surface area contributed by atoms with Crippen LogP contribution in [-0.2, 0) is 4.74 Å². The van der Waals surface area contributed by atoms with Crippen LogP contribution < -0.4 is 9.80 Å². The number of urea groups is 1. The maximum atomic E-state index is 13.7. The average molecular weight is 385 g/mol. The van der Waals surface area contributed by atoms with Crippen LogP contribution in [0.3, 0.4) is 0 Å². The molecule has 0 bridgehead atoms. The minimum absolute atomic E-state index is 0.115. The highest BCUT2D eigenvalue weighted by Gasteiger charge is 2.39. The normalized spacial score (nSPS) is 27.5. The van der Waals surface area contributed by atoms with Crippen LogP contribution in [-0.4, -0.2) is 80.9 Å². The molecule has 2 amide bonds.